The van der Waals surface area contributed by atoms with Gasteiger partial charge < -0.3 is 10.6 Å². The molecule has 0 aliphatic carbocycles. The fraction of sp³-hybridized carbons (Fsp3) is 0.182. The van der Waals surface area contributed by atoms with Crippen LogP contribution in [0.3, 0.4) is 0 Å². The van der Waals surface area contributed by atoms with Crippen molar-refractivity contribution in [1.82, 2.24) is 20.1 Å². The van der Waals surface area contributed by atoms with Crippen LogP contribution in [-0.2, 0) is 0 Å². The number of carbonyl (C=O) groups is 1. The molecular weight excluding hydrogens is 453 g/mol. The zero-order valence-corrected chi connectivity index (χ0v) is 19.6. The molecule has 160 valence electrons. The summed E-state index contributed by atoms with van der Waals surface area (Å²) in [5, 5.41) is 11.4. The van der Waals surface area contributed by atoms with Gasteiger partial charge in [-0.05, 0) is 62.7 Å². The zero-order chi connectivity index (χ0) is 22.7. The summed E-state index contributed by atoms with van der Waals surface area (Å²) in [6, 6.07) is 8.56. The Morgan fingerprint density at radius 3 is 2.68 bits per heavy atom. The van der Waals surface area contributed by atoms with Crippen molar-refractivity contribution >= 4 is 58.1 Å². The number of benzene rings is 1. The van der Waals surface area contributed by atoms with E-state index in [0.29, 0.717) is 43.5 Å². The molecule has 0 saturated carbocycles. The molecule has 0 aliphatic heterocycles. The number of aromatic nitrogens is 3. The highest BCUT2D eigenvalue weighted by Crippen LogP contribution is 2.27. The number of pyridine rings is 1. The molecule has 0 unspecified atom stereocenters. The maximum absolute atomic E-state index is 12.8. The lowest BCUT2D eigenvalue weighted by atomic mass is 10.1. The first-order chi connectivity index (χ1) is 14.7. The Hall–Kier alpha value is -2.74. The van der Waals surface area contributed by atoms with Crippen molar-refractivity contribution in [2.24, 2.45) is 0 Å². The standard InChI is InChI=1S/C22H21Cl2N5OS/c1-5-15-11-18(29(28-15)20-17(24)7-6-8-25-20)22(31)27-19-13(4)9-14(23)10-16(19)21(30)26-12(2)3/h5-12H,1H2,2-4H3,(H,26,30)(H,27,31). The van der Waals surface area contributed by atoms with E-state index < -0.39 is 0 Å². The maximum Gasteiger partial charge on any atom is 0.253 e. The Kier molecular flexibility index (Phi) is 7.10. The Bertz CT molecular complexity index is 1170. The van der Waals surface area contributed by atoms with E-state index in [1.807, 2.05) is 20.8 Å². The third-order valence-electron chi connectivity index (χ3n) is 4.31. The molecule has 0 aliphatic rings. The van der Waals surface area contributed by atoms with Gasteiger partial charge in [-0.25, -0.2) is 9.67 Å². The fourth-order valence-corrected chi connectivity index (χ4v) is 3.68. The summed E-state index contributed by atoms with van der Waals surface area (Å²) in [7, 11) is 0. The van der Waals surface area contributed by atoms with E-state index in [1.165, 1.54) is 0 Å². The smallest absolute Gasteiger partial charge is 0.253 e. The number of rotatable bonds is 6. The molecule has 1 aromatic carbocycles. The van der Waals surface area contributed by atoms with Crippen LogP contribution in [0.2, 0.25) is 10.0 Å². The highest BCUT2D eigenvalue weighted by molar-refractivity contribution is 7.81. The first-order valence-electron chi connectivity index (χ1n) is 9.47. The summed E-state index contributed by atoms with van der Waals surface area (Å²) < 4.78 is 1.55. The summed E-state index contributed by atoms with van der Waals surface area (Å²) in [5.74, 6) is 0.181. The van der Waals surface area contributed by atoms with Gasteiger partial charge in [-0.1, -0.05) is 42.0 Å². The molecule has 3 rings (SSSR count). The second-order valence-corrected chi connectivity index (χ2v) is 8.36. The van der Waals surface area contributed by atoms with Gasteiger partial charge in [0.25, 0.3) is 5.91 Å². The van der Waals surface area contributed by atoms with Gasteiger partial charge in [0, 0.05) is 17.3 Å². The number of nitrogens with zero attached hydrogens (tertiary/aromatic N) is 3. The minimum atomic E-state index is -0.251. The van der Waals surface area contributed by atoms with Crippen molar-refractivity contribution in [2.75, 3.05) is 5.32 Å². The van der Waals surface area contributed by atoms with Crippen LogP contribution in [0.5, 0.6) is 0 Å². The second-order valence-electron chi connectivity index (χ2n) is 7.11. The zero-order valence-electron chi connectivity index (χ0n) is 17.2. The van der Waals surface area contributed by atoms with Crippen LogP contribution in [0, 0.1) is 6.92 Å². The van der Waals surface area contributed by atoms with Crippen LogP contribution in [0.15, 0.2) is 43.1 Å². The molecule has 2 aromatic heterocycles. The molecule has 3 aromatic rings. The van der Waals surface area contributed by atoms with Crippen molar-refractivity contribution in [2.45, 2.75) is 26.8 Å². The Morgan fingerprint density at radius 1 is 1.29 bits per heavy atom. The molecule has 2 heterocycles. The third kappa shape index (κ3) is 5.12. The predicted octanol–water partition coefficient (Wildman–Crippen LogP) is 5.45. The number of hydrogen-bond donors (Lipinski definition) is 2. The van der Waals surface area contributed by atoms with Gasteiger partial charge in [0.05, 0.1) is 22.0 Å². The topological polar surface area (TPSA) is 71.8 Å². The average Bonchev–Trinajstić information content (AvgIpc) is 3.14. The number of anilines is 1. The molecule has 0 radical (unpaired) electrons. The lowest BCUT2D eigenvalue weighted by molar-refractivity contribution is 0.0944. The SMILES string of the molecule is C=Cc1cc(C(=S)Nc2c(C)cc(Cl)cc2C(=O)NC(C)C)n(-c2ncccc2Cl)n1. The fourth-order valence-electron chi connectivity index (χ4n) is 2.96. The van der Waals surface area contributed by atoms with E-state index in [0.717, 1.165) is 5.56 Å². The van der Waals surface area contributed by atoms with Crippen LogP contribution in [0.4, 0.5) is 5.69 Å². The highest BCUT2D eigenvalue weighted by atomic mass is 35.5. The largest absolute Gasteiger partial charge is 0.350 e. The number of aryl methyl sites for hydroxylation is 1. The third-order valence-corrected chi connectivity index (χ3v) is 5.14. The Morgan fingerprint density at radius 2 is 2.03 bits per heavy atom. The van der Waals surface area contributed by atoms with Crippen molar-refractivity contribution in [1.29, 1.82) is 0 Å². The first-order valence-corrected chi connectivity index (χ1v) is 10.6. The first kappa shape index (κ1) is 22.9. The van der Waals surface area contributed by atoms with Crippen LogP contribution in [-0.4, -0.2) is 31.7 Å². The van der Waals surface area contributed by atoms with E-state index >= 15 is 0 Å². The van der Waals surface area contributed by atoms with Gasteiger partial charge in [0.1, 0.15) is 10.7 Å². The van der Waals surface area contributed by atoms with Crippen molar-refractivity contribution in [3.05, 3.63) is 75.7 Å². The Labute approximate surface area is 196 Å². The molecule has 6 nitrogen and oxygen atoms in total. The molecular formula is C22H21Cl2N5OS. The van der Waals surface area contributed by atoms with Crippen LogP contribution in [0.25, 0.3) is 11.9 Å². The maximum atomic E-state index is 12.8. The van der Waals surface area contributed by atoms with E-state index in [2.05, 4.69) is 27.3 Å². The molecule has 31 heavy (non-hydrogen) atoms. The summed E-state index contributed by atoms with van der Waals surface area (Å²) >= 11 is 18.2. The van der Waals surface area contributed by atoms with Crippen molar-refractivity contribution < 1.29 is 4.79 Å². The quantitative estimate of drug-likeness (QED) is 0.465. The number of amides is 1. The molecule has 0 bridgehead atoms. The highest BCUT2D eigenvalue weighted by Gasteiger charge is 2.20. The summed E-state index contributed by atoms with van der Waals surface area (Å²) in [5.41, 5.74) is 2.88. The van der Waals surface area contributed by atoms with Gasteiger partial charge in [-0.2, -0.15) is 5.10 Å². The molecule has 0 saturated heterocycles. The number of carbonyl (C=O) groups excluding carboxylic acids is 1. The Balaban J connectivity index is 2.05. The molecule has 2 N–H and O–H groups in total. The van der Waals surface area contributed by atoms with Crippen molar-refractivity contribution in [3.8, 4) is 5.82 Å². The van der Waals surface area contributed by atoms with Crippen LogP contribution in [0.1, 0.15) is 41.2 Å². The van der Waals surface area contributed by atoms with E-state index in [1.54, 1.807) is 47.3 Å². The van der Waals surface area contributed by atoms with Gasteiger partial charge >= 0.3 is 0 Å². The molecule has 9 heteroatoms. The normalized spacial score (nSPS) is 10.8. The molecule has 0 spiro atoms. The average molecular weight is 474 g/mol. The summed E-state index contributed by atoms with van der Waals surface area (Å²) in [4.78, 5) is 17.4. The summed E-state index contributed by atoms with van der Waals surface area (Å²) in [6.07, 6.45) is 3.23. The van der Waals surface area contributed by atoms with Gasteiger partial charge in [-0.3, -0.25) is 4.79 Å². The van der Waals surface area contributed by atoms with E-state index in [-0.39, 0.29) is 11.9 Å². The summed E-state index contributed by atoms with van der Waals surface area (Å²) in [6.45, 7) is 9.40. The van der Waals surface area contributed by atoms with Crippen LogP contribution < -0.4 is 10.6 Å². The number of hydrogen-bond acceptors (Lipinski definition) is 4. The van der Waals surface area contributed by atoms with Gasteiger partial charge in [0.15, 0.2) is 5.82 Å². The minimum absolute atomic E-state index is 0.0329. The lowest BCUT2D eigenvalue weighted by Gasteiger charge is -2.17. The monoisotopic (exact) mass is 473 g/mol. The molecule has 0 fully saturated rings. The molecule has 0 atom stereocenters. The number of halogens is 2. The van der Waals surface area contributed by atoms with Crippen LogP contribution >= 0.6 is 35.4 Å². The van der Waals surface area contributed by atoms with E-state index in [9.17, 15) is 4.79 Å². The predicted molar refractivity (Wildman–Crippen MR) is 131 cm³/mol. The minimum Gasteiger partial charge on any atom is -0.350 e. The number of thiocarbonyl (C=S) groups is 1. The lowest BCUT2D eigenvalue weighted by Crippen LogP contribution is -2.31. The van der Waals surface area contributed by atoms with Gasteiger partial charge in [-0.15, -0.1) is 0 Å². The van der Waals surface area contributed by atoms with E-state index in [4.69, 9.17) is 35.4 Å². The van der Waals surface area contributed by atoms with Crippen molar-refractivity contribution in [3.63, 3.8) is 0 Å². The second kappa shape index (κ2) is 9.60. The van der Waals surface area contributed by atoms with Gasteiger partial charge in [0.2, 0.25) is 0 Å². The molecule has 1 amide bonds. The number of nitrogens with one attached hydrogen (secondary N) is 2.